The second kappa shape index (κ2) is 3.98. The number of fused-ring (bicyclic) bond motifs is 1. The Labute approximate surface area is 98.4 Å². The number of thioether (sulfide) groups is 1. The number of hydrogen-bond donors (Lipinski definition) is 1. The zero-order valence-electron chi connectivity index (χ0n) is 8.37. The van der Waals surface area contributed by atoms with Crippen LogP contribution in [0.4, 0.5) is 0 Å². The average molecular weight is 277 g/mol. The zero-order valence-corrected chi connectivity index (χ0v) is 10.9. The summed E-state index contributed by atoms with van der Waals surface area (Å²) in [7, 11) is 0. The molecule has 0 unspecified atom stereocenters. The van der Waals surface area contributed by atoms with E-state index in [2.05, 4.69) is 4.99 Å². The van der Waals surface area contributed by atoms with Gasteiger partial charge in [0.15, 0.2) is 5.17 Å². The number of aliphatic hydroxyl groups is 1. The first kappa shape index (κ1) is 11.7. The van der Waals surface area contributed by atoms with E-state index >= 15 is 0 Å². The van der Waals surface area contributed by atoms with E-state index in [-0.39, 0.29) is 17.0 Å². The Kier molecular flexibility index (Phi) is 3.32. The molecule has 0 atom stereocenters. The van der Waals surface area contributed by atoms with Gasteiger partial charge in [0.1, 0.15) is 0 Å². The lowest BCUT2D eigenvalue weighted by Crippen LogP contribution is -2.29. The summed E-state index contributed by atoms with van der Waals surface area (Å²) in [5, 5.41) is 10.6. The van der Waals surface area contributed by atoms with Gasteiger partial charge in [-0.3, -0.25) is 4.90 Å². The van der Waals surface area contributed by atoms with E-state index in [1.54, 1.807) is 0 Å². The minimum Gasteiger partial charge on any atom is -0.494 e. The van der Waals surface area contributed by atoms with E-state index in [0.29, 0.717) is 5.88 Å². The van der Waals surface area contributed by atoms with Gasteiger partial charge in [0.25, 0.3) is 0 Å². The van der Waals surface area contributed by atoms with Gasteiger partial charge in [0.05, 0.1) is 6.54 Å². The maximum absolute atomic E-state index is 9.68. The van der Waals surface area contributed by atoms with Crippen LogP contribution in [0.15, 0.2) is 27.1 Å². The van der Waals surface area contributed by atoms with Crippen LogP contribution in [0.1, 0.15) is 20.8 Å². The topological polar surface area (TPSA) is 35.8 Å². The molecular formula is C9H13BrN2OS. The molecule has 0 saturated carbocycles. The second-order valence-corrected chi connectivity index (χ2v) is 4.51. The predicted molar refractivity (Wildman–Crippen MR) is 65.8 cm³/mol. The maximum atomic E-state index is 9.68. The number of rotatable bonds is 0. The summed E-state index contributed by atoms with van der Waals surface area (Å²) < 4.78 is 0. The predicted octanol–water partition coefficient (Wildman–Crippen LogP) is 3.02. The van der Waals surface area contributed by atoms with Crippen LogP contribution in [0, 0.1) is 0 Å². The smallest absolute Gasteiger partial charge is 0.203 e. The van der Waals surface area contributed by atoms with Crippen molar-refractivity contribution in [3.63, 3.8) is 0 Å². The van der Waals surface area contributed by atoms with Crippen LogP contribution in [0.3, 0.4) is 0 Å². The van der Waals surface area contributed by atoms with E-state index in [1.165, 1.54) is 17.3 Å². The van der Waals surface area contributed by atoms with E-state index in [0.717, 1.165) is 22.3 Å². The Bertz CT molecular complexity index is 360. The van der Waals surface area contributed by atoms with Crippen molar-refractivity contribution in [1.82, 2.24) is 4.90 Å². The normalized spacial score (nSPS) is 20.8. The summed E-state index contributed by atoms with van der Waals surface area (Å²) in [6, 6.07) is 0. The van der Waals surface area contributed by atoms with Crippen molar-refractivity contribution in [3.8, 4) is 0 Å². The van der Waals surface area contributed by atoms with Crippen LogP contribution in [0.2, 0.25) is 0 Å². The summed E-state index contributed by atoms with van der Waals surface area (Å²) in [6.45, 7) is 6.72. The highest BCUT2D eigenvalue weighted by atomic mass is 79.9. The van der Waals surface area contributed by atoms with Crippen LogP contribution in [0.5, 0.6) is 0 Å². The molecule has 2 aliphatic heterocycles. The van der Waals surface area contributed by atoms with E-state index in [4.69, 9.17) is 0 Å². The van der Waals surface area contributed by atoms with E-state index in [9.17, 15) is 5.11 Å². The minimum atomic E-state index is 0. The summed E-state index contributed by atoms with van der Waals surface area (Å²) in [4.78, 5) is 7.19. The average Bonchev–Trinajstić information content (AvgIpc) is 2.32. The molecule has 78 valence electrons. The van der Waals surface area contributed by atoms with Gasteiger partial charge in [0.2, 0.25) is 5.88 Å². The van der Waals surface area contributed by atoms with E-state index in [1.807, 2.05) is 25.7 Å². The SMILES string of the molecule is Br.CC1=C(C)N=C2SC(C)=C(O)N2C1. The van der Waals surface area contributed by atoms with Crippen molar-refractivity contribution in [2.45, 2.75) is 20.8 Å². The molecule has 0 radical (unpaired) electrons. The van der Waals surface area contributed by atoms with Crippen molar-refractivity contribution in [2.24, 2.45) is 4.99 Å². The Morgan fingerprint density at radius 1 is 1.36 bits per heavy atom. The molecule has 2 heterocycles. The van der Waals surface area contributed by atoms with Crippen molar-refractivity contribution < 1.29 is 5.11 Å². The fourth-order valence-corrected chi connectivity index (χ4v) is 2.25. The number of aliphatic hydroxyl groups excluding tert-OH is 1. The molecule has 3 nitrogen and oxygen atoms in total. The Balaban J connectivity index is 0.000000980. The molecule has 0 fully saturated rings. The molecule has 0 bridgehead atoms. The van der Waals surface area contributed by atoms with Crippen molar-refractivity contribution >= 4 is 33.9 Å². The van der Waals surface area contributed by atoms with Crippen LogP contribution in [0.25, 0.3) is 0 Å². The highest BCUT2D eigenvalue weighted by molar-refractivity contribution is 8.93. The van der Waals surface area contributed by atoms with E-state index < -0.39 is 0 Å². The fourth-order valence-electron chi connectivity index (χ4n) is 1.33. The van der Waals surface area contributed by atoms with Crippen molar-refractivity contribution in [1.29, 1.82) is 0 Å². The summed E-state index contributed by atoms with van der Waals surface area (Å²) in [6.07, 6.45) is 0. The van der Waals surface area contributed by atoms with Gasteiger partial charge in [-0.2, -0.15) is 0 Å². The third-order valence-corrected chi connectivity index (χ3v) is 3.31. The van der Waals surface area contributed by atoms with Crippen LogP contribution >= 0.6 is 28.7 Å². The number of amidine groups is 1. The van der Waals surface area contributed by atoms with Crippen LogP contribution in [-0.2, 0) is 0 Å². The minimum absolute atomic E-state index is 0. The molecule has 0 spiro atoms. The first-order chi connectivity index (χ1) is 6.09. The third kappa shape index (κ3) is 1.70. The molecule has 0 aromatic carbocycles. The Morgan fingerprint density at radius 2 is 2.00 bits per heavy atom. The fraction of sp³-hybridized carbons (Fsp3) is 0.444. The first-order valence-corrected chi connectivity index (χ1v) is 5.01. The van der Waals surface area contributed by atoms with Gasteiger partial charge in [-0.05, 0) is 26.3 Å². The largest absolute Gasteiger partial charge is 0.494 e. The van der Waals surface area contributed by atoms with Crippen molar-refractivity contribution in [3.05, 3.63) is 22.1 Å². The zero-order chi connectivity index (χ0) is 9.59. The third-order valence-electron chi connectivity index (χ3n) is 2.32. The second-order valence-electron chi connectivity index (χ2n) is 3.33. The van der Waals surface area contributed by atoms with Gasteiger partial charge >= 0.3 is 0 Å². The van der Waals surface area contributed by atoms with Gasteiger partial charge in [-0.15, -0.1) is 17.0 Å². The standard InChI is InChI=1S/C9H12N2OS.BrH/c1-5-4-11-8(12)7(3)13-9(11)10-6(5)2;/h12H,4H2,1-3H3;1H. The van der Waals surface area contributed by atoms with Gasteiger partial charge in [0, 0.05) is 10.6 Å². The molecule has 14 heavy (non-hydrogen) atoms. The van der Waals surface area contributed by atoms with Gasteiger partial charge < -0.3 is 5.11 Å². The lowest BCUT2D eigenvalue weighted by Gasteiger charge is -2.23. The van der Waals surface area contributed by atoms with Crippen LogP contribution < -0.4 is 0 Å². The molecule has 0 aliphatic carbocycles. The lowest BCUT2D eigenvalue weighted by atomic mass is 10.2. The molecule has 1 N–H and O–H groups in total. The monoisotopic (exact) mass is 276 g/mol. The van der Waals surface area contributed by atoms with Gasteiger partial charge in [-0.25, -0.2) is 4.99 Å². The molecule has 0 aromatic heterocycles. The number of nitrogens with zero attached hydrogens (tertiary/aromatic N) is 2. The molecular weight excluding hydrogens is 264 g/mol. The maximum Gasteiger partial charge on any atom is 0.203 e. The van der Waals surface area contributed by atoms with Crippen molar-refractivity contribution in [2.75, 3.05) is 6.54 Å². The number of hydrogen-bond acceptors (Lipinski definition) is 4. The molecule has 0 aromatic rings. The summed E-state index contributed by atoms with van der Waals surface area (Å²) in [5.74, 6) is 0.357. The van der Waals surface area contributed by atoms with Crippen LogP contribution in [-0.4, -0.2) is 21.7 Å². The Hall–Kier alpha value is -0.420. The molecule has 2 rings (SSSR count). The highest BCUT2D eigenvalue weighted by Crippen LogP contribution is 2.35. The highest BCUT2D eigenvalue weighted by Gasteiger charge is 2.29. The lowest BCUT2D eigenvalue weighted by molar-refractivity contribution is 0.286. The molecule has 2 aliphatic rings. The first-order valence-electron chi connectivity index (χ1n) is 4.20. The number of halogens is 1. The number of allylic oxidation sites excluding steroid dienone is 2. The molecule has 5 heteroatoms. The molecule has 0 amide bonds. The quantitative estimate of drug-likeness (QED) is 0.739. The summed E-state index contributed by atoms with van der Waals surface area (Å²) >= 11 is 1.53. The van der Waals surface area contributed by atoms with Gasteiger partial charge in [-0.1, -0.05) is 11.8 Å². The summed E-state index contributed by atoms with van der Waals surface area (Å²) in [5.41, 5.74) is 2.28. The molecule has 0 saturated heterocycles. The number of aliphatic imine (C=N–C) groups is 1. The Morgan fingerprint density at radius 3 is 2.64 bits per heavy atom.